The molecule has 0 unspecified atom stereocenters. The average molecular weight is 384 g/mol. The van der Waals surface area contributed by atoms with Crippen LogP contribution in [0.1, 0.15) is 16.8 Å². The van der Waals surface area contributed by atoms with E-state index < -0.39 is 23.5 Å². The van der Waals surface area contributed by atoms with Crippen molar-refractivity contribution in [1.29, 1.82) is 0 Å². The Morgan fingerprint density at radius 3 is 2.61 bits per heavy atom. The number of hydrogen-bond acceptors (Lipinski definition) is 3. The second-order valence-electron chi connectivity index (χ2n) is 4.39. The average Bonchev–Trinajstić information content (AvgIpc) is 2.53. The van der Waals surface area contributed by atoms with Gasteiger partial charge in [0.25, 0.3) is 5.91 Å². The Balaban J connectivity index is 2.32. The summed E-state index contributed by atoms with van der Waals surface area (Å²) < 4.78 is 13.6. The molecular formula is C15H15BrFN3O3. The van der Waals surface area contributed by atoms with Gasteiger partial charge in [-0.1, -0.05) is 5.92 Å². The normalized spacial score (nSPS) is 9.61. The van der Waals surface area contributed by atoms with E-state index in [9.17, 15) is 18.8 Å². The first-order valence-electron chi connectivity index (χ1n) is 6.64. The van der Waals surface area contributed by atoms with Crippen molar-refractivity contribution < 1.29 is 18.8 Å². The second kappa shape index (κ2) is 9.58. The Morgan fingerprint density at radius 1 is 1.17 bits per heavy atom. The molecule has 0 spiro atoms. The maximum atomic E-state index is 13.1. The van der Waals surface area contributed by atoms with E-state index >= 15 is 0 Å². The number of carbonyl (C=O) groups is 3. The van der Waals surface area contributed by atoms with Gasteiger partial charge in [-0.25, -0.2) is 4.39 Å². The molecule has 0 aromatic heterocycles. The number of hydrogen-bond donors (Lipinski definition) is 3. The molecule has 0 radical (unpaired) electrons. The smallest absolute Gasteiger partial charge is 0.252 e. The summed E-state index contributed by atoms with van der Waals surface area (Å²) in [7, 11) is 0. The highest BCUT2D eigenvalue weighted by molar-refractivity contribution is 9.10. The lowest BCUT2D eigenvalue weighted by Gasteiger charge is -2.08. The Hall–Kier alpha value is -2.40. The van der Waals surface area contributed by atoms with Gasteiger partial charge >= 0.3 is 0 Å². The maximum absolute atomic E-state index is 13.1. The number of carbonyl (C=O) groups excluding carboxylic acids is 3. The van der Waals surface area contributed by atoms with Gasteiger partial charge < -0.3 is 16.0 Å². The zero-order chi connectivity index (χ0) is 17.2. The van der Waals surface area contributed by atoms with E-state index in [0.717, 1.165) is 6.07 Å². The van der Waals surface area contributed by atoms with E-state index in [0.29, 0.717) is 4.47 Å². The summed E-state index contributed by atoms with van der Waals surface area (Å²) in [6.45, 7) is -0.0449. The number of halogens is 2. The number of amides is 3. The third kappa shape index (κ3) is 6.93. The van der Waals surface area contributed by atoms with Crippen molar-refractivity contribution in [2.75, 3.05) is 19.6 Å². The predicted octanol–water partition coefficient (Wildman–Crippen LogP) is 0.574. The Labute approximate surface area is 141 Å². The van der Waals surface area contributed by atoms with Crippen LogP contribution in [0, 0.1) is 18.2 Å². The van der Waals surface area contributed by atoms with E-state index in [4.69, 9.17) is 6.42 Å². The monoisotopic (exact) mass is 383 g/mol. The minimum absolute atomic E-state index is 0.0128. The summed E-state index contributed by atoms with van der Waals surface area (Å²) in [6, 6.07) is 3.74. The lowest BCUT2D eigenvalue weighted by atomic mass is 10.2. The van der Waals surface area contributed by atoms with Gasteiger partial charge in [0, 0.05) is 17.4 Å². The number of nitrogens with one attached hydrogen (secondary N) is 3. The highest BCUT2D eigenvalue weighted by Crippen LogP contribution is 2.17. The molecule has 0 aliphatic rings. The Morgan fingerprint density at radius 2 is 1.91 bits per heavy atom. The molecule has 0 fully saturated rings. The standard InChI is InChI=1S/C15H15BrFN3O3/c1-2-6-18-14(22)9-20-13(21)5-7-19-15(23)11-8-10(17)3-4-12(11)16/h1,3-4,8H,5-7,9H2,(H,18,22)(H,19,23)(H,20,21). The zero-order valence-electron chi connectivity index (χ0n) is 12.1. The molecule has 0 aliphatic carbocycles. The van der Waals surface area contributed by atoms with Gasteiger partial charge in [-0.15, -0.1) is 6.42 Å². The fourth-order valence-corrected chi connectivity index (χ4v) is 1.96. The van der Waals surface area contributed by atoms with Crippen LogP contribution in [0.5, 0.6) is 0 Å². The molecule has 1 aromatic rings. The molecule has 8 heteroatoms. The van der Waals surface area contributed by atoms with E-state index in [1.54, 1.807) is 0 Å². The number of rotatable bonds is 7. The molecular weight excluding hydrogens is 369 g/mol. The summed E-state index contributed by atoms with van der Waals surface area (Å²) in [6.07, 6.45) is 4.96. The predicted molar refractivity (Wildman–Crippen MR) is 85.9 cm³/mol. The minimum atomic E-state index is -0.533. The molecule has 0 saturated carbocycles. The van der Waals surface area contributed by atoms with Crippen LogP contribution in [0.2, 0.25) is 0 Å². The van der Waals surface area contributed by atoms with Crippen LogP contribution in [0.4, 0.5) is 4.39 Å². The molecule has 0 saturated heterocycles. The zero-order valence-corrected chi connectivity index (χ0v) is 13.7. The maximum Gasteiger partial charge on any atom is 0.252 e. The van der Waals surface area contributed by atoms with Crippen molar-refractivity contribution >= 4 is 33.7 Å². The lowest BCUT2D eigenvalue weighted by Crippen LogP contribution is -2.38. The van der Waals surface area contributed by atoms with Gasteiger partial charge in [0.15, 0.2) is 0 Å². The largest absolute Gasteiger partial charge is 0.351 e. The molecule has 0 aliphatic heterocycles. The topological polar surface area (TPSA) is 87.3 Å². The number of benzene rings is 1. The van der Waals surface area contributed by atoms with Crippen LogP contribution < -0.4 is 16.0 Å². The van der Waals surface area contributed by atoms with Crippen LogP contribution in [0.15, 0.2) is 22.7 Å². The molecule has 0 heterocycles. The fraction of sp³-hybridized carbons (Fsp3) is 0.267. The first-order chi connectivity index (χ1) is 10.9. The highest BCUT2D eigenvalue weighted by Gasteiger charge is 2.11. The van der Waals surface area contributed by atoms with Gasteiger partial charge in [-0.05, 0) is 34.1 Å². The van der Waals surface area contributed by atoms with Gasteiger partial charge in [0.1, 0.15) is 5.82 Å². The van der Waals surface area contributed by atoms with Gasteiger partial charge in [0.05, 0.1) is 18.7 Å². The van der Waals surface area contributed by atoms with Crippen LogP contribution in [0.25, 0.3) is 0 Å². The van der Waals surface area contributed by atoms with Crippen LogP contribution in [-0.2, 0) is 9.59 Å². The SMILES string of the molecule is C#CCNC(=O)CNC(=O)CCNC(=O)c1cc(F)ccc1Br. The molecule has 0 bridgehead atoms. The van der Waals surface area contributed by atoms with Crippen molar-refractivity contribution in [3.63, 3.8) is 0 Å². The summed E-state index contributed by atoms with van der Waals surface area (Å²) in [5.74, 6) is 0.395. The van der Waals surface area contributed by atoms with E-state index in [2.05, 4.69) is 37.8 Å². The molecule has 3 N–H and O–H groups in total. The third-order valence-corrected chi connectivity index (χ3v) is 3.34. The van der Waals surface area contributed by atoms with Gasteiger partial charge in [-0.2, -0.15) is 0 Å². The molecule has 122 valence electrons. The van der Waals surface area contributed by atoms with Gasteiger partial charge in [-0.3, -0.25) is 14.4 Å². The summed E-state index contributed by atoms with van der Waals surface area (Å²) in [5, 5.41) is 7.28. The Kier molecular flexibility index (Phi) is 7.77. The lowest BCUT2D eigenvalue weighted by molar-refractivity contribution is -0.125. The summed E-state index contributed by atoms with van der Waals surface area (Å²) in [5.41, 5.74) is 0.138. The second-order valence-corrected chi connectivity index (χ2v) is 5.24. The molecule has 1 rings (SSSR count). The van der Waals surface area contributed by atoms with E-state index in [1.165, 1.54) is 12.1 Å². The van der Waals surface area contributed by atoms with Crippen LogP contribution >= 0.6 is 15.9 Å². The summed E-state index contributed by atoms with van der Waals surface area (Å²) >= 11 is 3.15. The molecule has 0 atom stereocenters. The minimum Gasteiger partial charge on any atom is -0.351 e. The van der Waals surface area contributed by atoms with Crippen molar-refractivity contribution in [3.05, 3.63) is 34.1 Å². The highest BCUT2D eigenvalue weighted by atomic mass is 79.9. The summed E-state index contributed by atoms with van der Waals surface area (Å²) in [4.78, 5) is 34.6. The molecule has 1 aromatic carbocycles. The van der Waals surface area contributed by atoms with Crippen LogP contribution in [0.3, 0.4) is 0 Å². The third-order valence-electron chi connectivity index (χ3n) is 2.64. The molecule has 6 nitrogen and oxygen atoms in total. The quantitative estimate of drug-likeness (QED) is 0.601. The van der Waals surface area contributed by atoms with E-state index in [1.807, 2.05) is 0 Å². The van der Waals surface area contributed by atoms with Crippen molar-refractivity contribution in [2.45, 2.75) is 6.42 Å². The van der Waals surface area contributed by atoms with Crippen LogP contribution in [-0.4, -0.2) is 37.4 Å². The Bertz CT molecular complexity index is 643. The first-order valence-corrected chi connectivity index (χ1v) is 7.43. The van der Waals surface area contributed by atoms with E-state index in [-0.39, 0.29) is 31.6 Å². The van der Waals surface area contributed by atoms with Crippen molar-refractivity contribution in [3.8, 4) is 12.3 Å². The van der Waals surface area contributed by atoms with Crippen molar-refractivity contribution in [1.82, 2.24) is 16.0 Å². The molecule has 23 heavy (non-hydrogen) atoms. The fourth-order valence-electron chi connectivity index (χ4n) is 1.54. The molecule has 3 amide bonds. The number of terminal acetylenes is 1. The van der Waals surface area contributed by atoms with Gasteiger partial charge in [0.2, 0.25) is 11.8 Å². The van der Waals surface area contributed by atoms with Crippen molar-refractivity contribution in [2.24, 2.45) is 0 Å². The first kappa shape index (κ1) is 18.6.